The standard InChI is InChI=1S/C20H14BrF3N4O2/c21-10-3-1-2-9(6-10)14(29)8-26-12-4-5-25-20(30)15(12)19-27-13-7-11(22)16(23)17(24)18(13)28-19/h1-7,14,29H,8H2,(H,27,28)(H2,25,26,30). The quantitative estimate of drug-likeness (QED) is 0.322. The van der Waals surface area contributed by atoms with Gasteiger partial charge in [-0.3, -0.25) is 4.79 Å². The van der Waals surface area contributed by atoms with Crippen LogP contribution in [0.3, 0.4) is 0 Å². The Balaban J connectivity index is 1.69. The maximum absolute atomic E-state index is 14.0. The Labute approximate surface area is 175 Å². The smallest absolute Gasteiger partial charge is 0.261 e. The molecule has 4 rings (SSSR count). The molecule has 1 atom stereocenters. The van der Waals surface area contributed by atoms with E-state index in [1.807, 2.05) is 6.07 Å². The average molecular weight is 479 g/mol. The van der Waals surface area contributed by atoms with E-state index in [9.17, 15) is 23.1 Å². The highest BCUT2D eigenvalue weighted by molar-refractivity contribution is 9.10. The first kappa shape index (κ1) is 20.2. The molecule has 0 saturated carbocycles. The minimum Gasteiger partial charge on any atom is -0.387 e. The Morgan fingerprint density at radius 2 is 1.97 bits per heavy atom. The predicted molar refractivity (Wildman–Crippen MR) is 110 cm³/mol. The van der Waals surface area contributed by atoms with Crippen LogP contribution in [0.5, 0.6) is 0 Å². The molecule has 2 aromatic carbocycles. The number of aromatic amines is 2. The van der Waals surface area contributed by atoms with Gasteiger partial charge >= 0.3 is 0 Å². The van der Waals surface area contributed by atoms with Gasteiger partial charge in [-0.15, -0.1) is 0 Å². The molecule has 0 aliphatic carbocycles. The van der Waals surface area contributed by atoms with Crippen LogP contribution in [0.1, 0.15) is 11.7 Å². The zero-order valence-corrected chi connectivity index (χ0v) is 16.7. The number of anilines is 1. The molecule has 0 bridgehead atoms. The van der Waals surface area contributed by atoms with E-state index in [0.29, 0.717) is 11.3 Å². The van der Waals surface area contributed by atoms with Gasteiger partial charge < -0.3 is 20.4 Å². The molecular weight excluding hydrogens is 465 g/mol. The third-order valence-electron chi connectivity index (χ3n) is 4.53. The molecule has 0 spiro atoms. The summed E-state index contributed by atoms with van der Waals surface area (Å²) in [6.07, 6.45) is 0.508. The van der Waals surface area contributed by atoms with Gasteiger partial charge in [0.1, 0.15) is 16.9 Å². The van der Waals surface area contributed by atoms with Gasteiger partial charge in [-0.2, -0.15) is 0 Å². The molecule has 154 valence electrons. The second kappa shape index (κ2) is 7.96. The topological polar surface area (TPSA) is 93.8 Å². The van der Waals surface area contributed by atoms with E-state index >= 15 is 0 Å². The van der Waals surface area contributed by atoms with Gasteiger partial charge in [0.05, 0.1) is 17.3 Å². The van der Waals surface area contributed by atoms with Crippen molar-refractivity contribution in [1.82, 2.24) is 15.0 Å². The van der Waals surface area contributed by atoms with Crippen LogP contribution >= 0.6 is 15.9 Å². The highest BCUT2D eigenvalue weighted by Crippen LogP contribution is 2.28. The van der Waals surface area contributed by atoms with Crippen LogP contribution in [0.2, 0.25) is 0 Å². The van der Waals surface area contributed by atoms with E-state index in [4.69, 9.17) is 0 Å². The fourth-order valence-electron chi connectivity index (χ4n) is 3.08. The van der Waals surface area contributed by atoms with Gasteiger partial charge in [0.15, 0.2) is 17.5 Å². The number of aliphatic hydroxyl groups excluding tert-OH is 1. The molecule has 0 fully saturated rings. The molecular formula is C20H14BrF3N4O2. The van der Waals surface area contributed by atoms with E-state index in [1.165, 1.54) is 12.3 Å². The van der Waals surface area contributed by atoms with E-state index in [2.05, 4.69) is 36.2 Å². The van der Waals surface area contributed by atoms with Crippen molar-refractivity contribution in [2.45, 2.75) is 6.10 Å². The van der Waals surface area contributed by atoms with E-state index < -0.39 is 34.6 Å². The summed E-state index contributed by atoms with van der Waals surface area (Å²) in [4.78, 5) is 21.5. The fourth-order valence-corrected chi connectivity index (χ4v) is 3.49. The summed E-state index contributed by atoms with van der Waals surface area (Å²) >= 11 is 3.34. The molecule has 4 N–H and O–H groups in total. The molecule has 0 aliphatic heterocycles. The lowest BCUT2D eigenvalue weighted by atomic mass is 10.1. The average Bonchev–Trinajstić information content (AvgIpc) is 3.13. The van der Waals surface area contributed by atoms with E-state index in [-0.39, 0.29) is 23.4 Å². The van der Waals surface area contributed by atoms with Crippen molar-refractivity contribution in [3.05, 3.63) is 80.4 Å². The summed E-state index contributed by atoms with van der Waals surface area (Å²) in [7, 11) is 0. The Morgan fingerprint density at radius 3 is 2.73 bits per heavy atom. The summed E-state index contributed by atoms with van der Waals surface area (Å²) in [5.74, 6) is -4.53. The number of aliphatic hydroxyl groups is 1. The van der Waals surface area contributed by atoms with Crippen molar-refractivity contribution in [3.63, 3.8) is 0 Å². The number of nitrogens with one attached hydrogen (secondary N) is 3. The number of benzene rings is 2. The Morgan fingerprint density at radius 1 is 1.17 bits per heavy atom. The third kappa shape index (κ3) is 3.71. The van der Waals surface area contributed by atoms with Crippen molar-refractivity contribution in [3.8, 4) is 11.4 Å². The number of halogens is 4. The number of pyridine rings is 1. The number of H-pyrrole nitrogens is 2. The first-order valence-corrected chi connectivity index (χ1v) is 9.57. The number of hydrogen-bond donors (Lipinski definition) is 4. The van der Waals surface area contributed by atoms with E-state index in [0.717, 1.165) is 10.5 Å². The number of aromatic nitrogens is 3. The van der Waals surface area contributed by atoms with Gasteiger partial charge in [-0.25, -0.2) is 18.2 Å². The minimum absolute atomic E-state index is 0.00959. The maximum Gasteiger partial charge on any atom is 0.261 e. The van der Waals surface area contributed by atoms with Crippen LogP contribution in [0.15, 0.2) is 51.9 Å². The first-order chi connectivity index (χ1) is 14.3. The van der Waals surface area contributed by atoms with Crippen molar-refractivity contribution in [2.24, 2.45) is 0 Å². The van der Waals surface area contributed by atoms with Crippen LogP contribution in [0, 0.1) is 17.5 Å². The molecule has 0 amide bonds. The van der Waals surface area contributed by atoms with Gasteiger partial charge in [0.25, 0.3) is 5.56 Å². The largest absolute Gasteiger partial charge is 0.387 e. The number of imidazole rings is 1. The SMILES string of the molecule is O=c1[nH]ccc(NCC(O)c2cccc(Br)c2)c1-c1nc2c(F)c(F)c(F)cc2[nH]1. The molecule has 2 aromatic heterocycles. The van der Waals surface area contributed by atoms with Crippen LogP contribution < -0.4 is 10.9 Å². The number of nitrogens with zero attached hydrogens (tertiary/aromatic N) is 1. The van der Waals surface area contributed by atoms with Crippen LogP contribution in [-0.2, 0) is 0 Å². The van der Waals surface area contributed by atoms with Crippen LogP contribution in [-0.4, -0.2) is 26.6 Å². The Kier molecular flexibility index (Phi) is 5.35. The lowest BCUT2D eigenvalue weighted by molar-refractivity contribution is 0.191. The van der Waals surface area contributed by atoms with Crippen molar-refractivity contribution < 1.29 is 18.3 Å². The first-order valence-electron chi connectivity index (χ1n) is 8.78. The zero-order valence-electron chi connectivity index (χ0n) is 15.1. The van der Waals surface area contributed by atoms with Gasteiger partial charge in [0.2, 0.25) is 0 Å². The van der Waals surface area contributed by atoms with E-state index in [1.54, 1.807) is 18.2 Å². The molecule has 4 aromatic rings. The van der Waals surface area contributed by atoms with Crippen LogP contribution in [0.25, 0.3) is 22.4 Å². The van der Waals surface area contributed by atoms with Gasteiger partial charge in [-0.05, 0) is 23.8 Å². The number of rotatable bonds is 5. The summed E-state index contributed by atoms with van der Waals surface area (Å²) in [6.45, 7) is 0.0603. The number of hydrogen-bond acceptors (Lipinski definition) is 4. The molecule has 2 heterocycles. The second-order valence-corrected chi connectivity index (χ2v) is 7.43. The second-order valence-electron chi connectivity index (χ2n) is 6.52. The molecule has 10 heteroatoms. The summed E-state index contributed by atoms with van der Waals surface area (Å²) < 4.78 is 41.9. The predicted octanol–water partition coefficient (Wildman–Crippen LogP) is 4.24. The fraction of sp³-hybridized carbons (Fsp3) is 0.100. The summed E-state index contributed by atoms with van der Waals surface area (Å²) in [5, 5.41) is 13.4. The molecule has 1 unspecified atom stereocenters. The van der Waals surface area contributed by atoms with Gasteiger partial charge in [-0.1, -0.05) is 28.1 Å². The molecule has 6 nitrogen and oxygen atoms in total. The molecule has 0 saturated heterocycles. The van der Waals surface area contributed by atoms with Gasteiger partial charge in [0, 0.05) is 23.3 Å². The van der Waals surface area contributed by atoms with Crippen molar-refractivity contribution >= 4 is 32.7 Å². The van der Waals surface area contributed by atoms with Crippen molar-refractivity contribution in [1.29, 1.82) is 0 Å². The Hall–Kier alpha value is -3.11. The van der Waals surface area contributed by atoms with Crippen molar-refractivity contribution in [2.75, 3.05) is 11.9 Å². The van der Waals surface area contributed by atoms with Crippen LogP contribution in [0.4, 0.5) is 18.9 Å². The minimum atomic E-state index is -1.64. The summed E-state index contributed by atoms with van der Waals surface area (Å²) in [5.41, 5.74) is -0.113. The maximum atomic E-state index is 14.0. The lowest BCUT2D eigenvalue weighted by Gasteiger charge is -2.15. The summed E-state index contributed by atoms with van der Waals surface area (Å²) in [6, 6.07) is 9.42. The monoisotopic (exact) mass is 478 g/mol. The molecule has 0 aliphatic rings. The lowest BCUT2D eigenvalue weighted by Crippen LogP contribution is -2.17. The number of fused-ring (bicyclic) bond motifs is 1. The highest BCUT2D eigenvalue weighted by atomic mass is 79.9. The molecule has 0 radical (unpaired) electrons. The zero-order chi connectivity index (χ0) is 21.4. The highest BCUT2D eigenvalue weighted by Gasteiger charge is 2.20. The molecule has 30 heavy (non-hydrogen) atoms. The third-order valence-corrected chi connectivity index (χ3v) is 5.02. The normalized spacial score (nSPS) is 12.3. The Bertz CT molecular complexity index is 1310.